The molecule has 7 nitrogen and oxygen atoms in total. The topological polar surface area (TPSA) is 124 Å². The van der Waals surface area contributed by atoms with Crippen LogP contribution in [0.5, 0.6) is 11.5 Å². The zero-order valence-electron chi connectivity index (χ0n) is 13.0. The standard InChI is InChI=1S/C16H13BrFNO6S/c17-8-3-4-11(20)12(5-8)26(24,25)19-10-6-9(7-1-2-7)14(18)13(15(10)21)16(22)23/h3-7,19-21H,1-2H2,(H,22,23). The van der Waals surface area contributed by atoms with E-state index in [1.807, 2.05) is 4.72 Å². The van der Waals surface area contributed by atoms with Gasteiger partial charge in [0, 0.05) is 4.47 Å². The normalized spacial score (nSPS) is 14.2. The molecule has 0 unspecified atom stereocenters. The molecule has 0 atom stereocenters. The lowest BCUT2D eigenvalue weighted by Gasteiger charge is -2.15. The summed E-state index contributed by atoms with van der Waals surface area (Å²) < 4.78 is 41.9. The smallest absolute Gasteiger partial charge is 0.342 e. The van der Waals surface area contributed by atoms with Gasteiger partial charge < -0.3 is 15.3 Å². The van der Waals surface area contributed by atoms with Crippen LogP contribution in [0.25, 0.3) is 0 Å². The zero-order chi connectivity index (χ0) is 19.2. The second-order valence-electron chi connectivity index (χ2n) is 5.85. The molecule has 0 amide bonds. The predicted molar refractivity (Wildman–Crippen MR) is 93.6 cm³/mol. The van der Waals surface area contributed by atoms with Crippen LogP contribution >= 0.6 is 15.9 Å². The molecule has 138 valence electrons. The van der Waals surface area contributed by atoms with Gasteiger partial charge >= 0.3 is 5.97 Å². The van der Waals surface area contributed by atoms with Gasteiger partial charge in [0.2, 0.25) is 0 Å². The summed E-state index contributed by atoms with van der Waals surface area (Å²) in [7, 11) is -4.37. The number of carboxylic acid groups (broad SMARTS) is 1. The third-order valence-electron chi connectivity index (χ3n) is 3.95. The Morgan fingerprint density at radius 3 is 2.46 bits per heavy atom. The number of hydrogen-bond acceptors (Lipinski definition) is 5. The molecular weight excluding hydrogens is 433 g/mol. The summed E-state index contributed by atoms with van der Waals surface area (Å²) in [5.74, 6) is -4.59. The Labute approximate surface area is 156 Å². The van der Waals surface area contributed by atoms with E-state index in [-0.39, 0.29) is 11.5 Å². The van der Waals surface area contributed by atoms with Crippen LogP contribution in [-0.2, 0) is 10.0 Å². The Bertz CT molecular complexity index is 1020. The Morgan fingerprint density at radius 2 is 1.88 bits per heavy atom. The third-order valence-corrected chi connectivity index (χ3v) is 5.84. The fourth-order valence-corrected chi connectivity index (χ4v) is 4.23. The van der Waals surface area contributed by atoms with Crippen molar-refractivity contribution < 1.29 is 32.9 Å². The molecule has 10 heteroatoms. The first-order chi connectivity index (χ1) is 12.1. The van der Waals surface area contributed by atoms with Crippen molar-refractivity contribution in [3.8, 4) is 11.5 Å². The third kappa shape index (κ3) is 3.34. The van der Waals surface area contributed by atoms with Gasteiger partial charge in [-0.15, -0.1) is 0 Å². The Hall–Kier alpha value is -2.33. The molecule has 0 radical (unpaired) electrons. The molecule has 0 spiro atoms. The van der Waals surface area contributed by atoms with Gasteiger partial charge in [-0.25, -0.2) is 17.6 Å². The number of carbonyl (C=O) groups is 1. The van der Waals surface area contributed by atoms with Gasteiger partial charge in [0.05, 0.1) is 5.69 Å². The number of aromatic hydroxyl groups is 2. The summed E-state index contributed by atoms with van der Waals surface area (Å²) in [6.45, 7) is 0. The summed E-state index contributed by atoms with van der Waals surface area (Å²) in [6.07, 6.45) is 1.28. The number of phenols is 2. The summed E-state index contributed by atoms with van der Waals surface area (Å²) in [5.41, 5.74) is -1.44. The van der Waals surface area contributed by atoms with Gasteiger partial charge in [-0.3, -0.25) is 4.72 Å². The van der Waals surface area contributed by atoms with Crippen LogP contribution in [0.1, 0.15) is 34.7 Å². The summed E-state index contributed by atoms with van der Waals surface area (Å²) in [6, 6.07) is 4.80. The molecule has 26 heavy (non-hydrogen) atoms. The molecule has 1 saturated carbocycles. The number of phenolic OH excluding ortho intramolecular Hbond substituents is 1. The lowest BCUT2D eigenvalue weighted by Crippen LogP contribution is -2.15. The maximum absolute atomic E-state index is 14.4. The van der Waals surface area contributed by atoms with Crippen molar-refractivity contribution in [1.82, 2.24) is 0 Å². The highest BCUT2D eigenvalue weighted by Crippen LogP contribution is 2.46. The molecule has 2 aromatic rings. The molecule has 1 fully saturated rings. The van der Waals surface area contributed by atoms with Gasteiger partial charge in [0.15, 0.2) is 5.75 Å². The number of rotatable bonds is 5. The maximum Gasteiger partial charge on any atom is 0.342 e. The molecule has 0 aliphatic heterocycles. The van der Waals surface area contributed by atoms with Crippen molar-refractivity contribution in [2.24, 2.45) is 0 Å². The van der Waals surface area contributed by atoms with Crippen molar-refractivity contribution in [1.29, 1.82) is 0 Å². The summed E-state index contributed by atoms with van der Waals surface area (Å²) in [4.78, 5) is 10.8. The van der Waals surface area contributed by atoms with Gasteiger partial charge in [-0.2, -0.15) is 0 Å². The van der Waals surface area contributed by atoms with E-state index in [1.54, 1.807) is 0 Å². The fourth-order valence-electron chi connectivity index (χ4n) is 2.54. The number of halogens is 2. The van der Waals surface area contributed by atoms with Crippen molar-refractivity contribution in [3.63, 3.8) is 0 Å². The summed E-state index contributed by atoms with van der Waals surface area (Å²) in [5, 5.41) is 29.1. The van der Waals surface area contributed by atoms with Crippen LogP contribution in [0.4, 0.5) is 10.1 Å². The SMILES string of the molecule is O=C(O)c1c(O)c(NS(=O)(=O)c2cc(Br)ccc2O)cc(C2CC2)c1F. The van der Waals surface area contributed by atoms with Crippen LogP contribution in [-0.4, -0.2) is 29.7 Å². The highest BCUT2D eigenvalue weighted by molar-refractivity contribution is 9.10. The second-order valence-corrected chi connectivity index (χ2v) is 8.41. The highest BCUT2D eigenvalue weighted by atomic mass is 79.9. The van der Waals surface area contributed by atoms with Crippen molar-refractivity contribution in [2.45, 2.75) is 23.7 Å². The van der Waals surface area contributed by atoms with Crippen molar-refractivity contribution in [2.75, 3.05) is 4.72 Å². The average molecular weight is 446 g/mol. The molecular formula is C16H13BrFNO6S. The van der Waals surface area contributed by atoms with E-state index in [4.69, 9.17) is 0 Å². The van der Waals surface area contributed by atoms with Gasteiger partial charge in [-0.05, 0) is 48.6 Å². The zero-order valence-corrected chi connectivity index (χ0v) is 15.4. The molecule has 4 N–H and O–H groups in total. The van der Waals surface area contributed by atoms with E-state index in [0.717, 1.165) is 18.2 Å². The van der Waals surface area contributed by atoms with E-state index >= 15 is 0 Å². The first-order valence-corrected chi connectivity index (χ1v) is 9.69. The van der Waals surface area contributed by atoms with E-state index in [2.05, 4.69) is 15.9 Å². The lowest BCUT2D eigenvalue weighted by atomic mass is 10.0. The number of hydrogen-bond donors (Lipinski definition) is 4. The maximum atomic E-state index is 14.4. The Morgan fingerprint density at radius 1 is 1.23 bits per heavy atom. The van der Waals surface area contributed by atoms with Crippen LogP contribution in [0.3, 0.4) is 0 Å². The number of carboxylic acids is 1. The Kier molecular flexibility index (Phi) is 4.57. The fraction of sp³-hybridized carbons (Fsp3) is 0.188. The minimum absolute atomic E-state index is 0.0244. The lowest BCUT2D eigenvalue weighted by molar-refractivity contribution is 0.0688. The molecule has 1 aliphatic rings. The van der Waals surface area contributed by atoms with Crippen molar-refractivity contribution in [3.05, 3.63) is 45.7 Å². The molecule has 1 aliphatic carbocycles. The monoisotopic (exact) mass is 445 g/mol. The largest absolute Gasteiger partial charge is 0.507 e. The van der Waals surface area contributed by atoms with Gasteiger partial charge in [0.1, 0.15) is 22.0 Å². The predicted octanol–water partition coefficient (Wildman–Crippen LogP) is 3.38. The molecule has 3 rings (SSSR count). The van der Waals surface area contributed by atoms with Crippen LogP contribution in [0.15, 0.2) is 33.6 Å². The molecule has 0 bridgehead atoms. The van der Waals surface area contributed by atoms with Gasteiger partial charge in [-0.1, -0.05) is 15.9 Å². The van der Waals surface area contributed by atoms with E-state index in [9.17, 15) is 32.9 Å². The average Bonchev–Trinajstić information content (AvgIpc) is 3.36. The number of sulfonamides is 1. The molecule has 0 aromatic heterocycles. The summed E-state index contributed by atoms with van der Waals surface area (Å²) >= 11 is 3.09. The minimum Gasteiger partial charge on any atom is -0.507 e. The van der Waals surface area contributed by atoms with Crippen LogP contribution in [0, 0.1) is 5.82 Å². The van der Waals surface area contributed by atoms with E-state index in [1.165, 1.54) is 6.07 Å². The molecule has 0 saturated heterocycles. The first-order valence-electron chi connectivity index (χ1n) is 7.42. The van der Waals surface area contributed by atoms with Crippen LogP contribution in [0.2, 0.25) is 0 Å². The minimum atomic E-state index is -4.37. The van der Waals surface area contributed by atoms with Crippen LogP contribution < -0.4 is 4.72 Å². The first kappa shape index (κ1) is 18.5. The number of anilines is 1. The van der Waals surface area contributed by atoms with Gasteiger partial charge in [0.25, 0.3) is 10.0 Å². The number of benzene rings is 2. The quantitative estimate of drug-likeness (QED) is 0.523. The molecule has 2 aromatic carbocycles. The van der Waals surface area contributed by atoms with E-state index < -0.39 is 49.5 Å². The molecule has 0 heterocycles. The number of nitrogens with one attached hydrogen (secondary N) is 1. The second kappa shape index (κ2) is 6.44. The van der Waals surface area contributed by atoms with E-state index in [0.29, 0.717) is 17.3 Å². The van der Waals surface area contributed by atoms with Crippen molar-refractivity contribution >= 4 is 37.6 Å². The Balaban J connectivity index is 2.12. The highest BCUT2D eigenvalue weighted by Gasteiger charge is 2.33. The number of aromatic carboxylic acids is 1.